The molecule has 3 N–H and O–H groups in total. The smallest absolute Gasteiger partial charge is 0.226 e. The van der Waals surface area contributed by atoms with Crippen LogP contribution in [-0.2, 0) is 9.53 Å². The number of carbonyl (C=O) groups excluding carboxylic acids is 1. The summed E-state index contributed by atoms with van der Waals surface area (Å²) in [5, 5.41) is 3.26. The van der Waals surface area contributed by atoms with Gasteiger partial charge in [-0.1, -0.05) is 26.7 Å². The molecule has 3 aliphatic rings. The molecular weight excluding hydrogens is 264 g/mol. The minimum Gasteiger partial charge on any atom is -0.376 e. The van der Waals surface area contributed by atoms with Gasteiger partial charge in [-0.15, -0.1) is 0 Å². The van der Waals surface area contributed by atoms with Crippen molar-refractivity contribution in [3.63, 3.8) is 0 Å². The third kappa shape index (κ3) is 2.72. The van der Waals surface area contributed by atoms with E-state index in [1.54, 1.807) is 0 Å². The second-order valence-electron chi connectivity index (χ2n) is 7.80. The van der Waals surface area contributed by atoms with Gasteiger partial charge in [0.1, 0.15) is 0 Å². The average molecular weight is 294 g/mol. The highest BCUT2D eigenvalue weighted by Crippen LogP contribution is 2.44. The first-order valence-electron chi connectivity index (χ1n) is 8.72. The first kappa shape index (κ1) is 15.3. The zero-order valence-corrected chi connectivity index (χ0v) is 13.4. The summed E-state index contributed by atoms with van der Waals surface area (Å²) < 4.78 is 5.84. The maximum absolute atomic E-state index is 12.9. The Morgan fingerprint density at radius 2 is 2.05 bits per heavy atom. The molecule has 0 aromatic heterocycles. The van der Waals surface area contributed by atoms with E-state index in [1.165, 1.54) is 12.8 Å². The van der Waals surface area contributed by atoms with Crippen LogP contribution in [0.4, 0.5) is 0 Å². The highest BCUT2D eigenvalue weighted by atomic mass is 16.5. The topological polar surface area (TPSA) is 64.4 Å². The number of hydrogen-bond donors (Lipinski definition) is 2. The van der Waals surface area contributed by atoms with Crippen LogP contribution >= 0.6 is 0 Å². The molecule has 0 bridgehead atoms. The SMILES string of the molecule is CC(C)CC1(C(=O)NC2C(N)C3CCCOC32)CCCC1. The summed E-state index contributed by atoms with van der Waals surface area (Å²) in [6.07, 6.45) is 7.84. The molecule has 0 aromatic rings. The summed E-state index contributed by atoms with van der Waals surface area (Å²) in [5.41, 5.74) is 6.13. The van der Waals surface area contributed by atoms with Crippen LogP contribution < -0.4 is 11.1 Å². The van der Waals surface area contributed by atoms with E-state index in [2.05, 4.69) is 19.2 Å². The molecule has 4 heteroatoms. The zero-order valence-electron chi connectivity index (χ0n) is 13.4. The zero-order chi connectivity index (χ0) is 15.0. The Kier molecular flexibility index (Phi) is 4.28. The molecule has 120 valence electrons. The van der Waals surface area contributed by atoms with Crippen molar-refractivity contribution in [3.05, 3.63) is 0 Å². The molecule has 3 rings (SSSR count). The molecule has 4 nitrogen and oxygen atoms in total. The van der Waals surface area contributed by atoms with Crippen LogP contribution in [0.2, 0.25) is 0 Å². The van der Waals surface area contributed by atoms with Crippen LogP contribution in [0.3, 0.4) is 0 Å². The highest BCUT2D eigenvalue weighted by Gasteiger charge is 2.53. The molecule has 4 atom stereocenters. The van der Waals surface area contributed by atoms with Gasteiger partial charge in [-0.3, -0.25) is 4.79 Å². The Hall–Kier alpha value is -0.610. The van der Waals surface area contributed by atoms with Gasteiger partial charge < -0.3 is 15.8 Å². The van der Waals surface area contributed by atoms with Crippen LogP contribution in [0.1, 0.15) is 58.8 Å². The van der Waals surface area contributed by atoms with E-state index >= 15 is 0 Å². The highest BCUT2D eigenvalue weighted by molar-refractivity contribution is 5.83. The van der Waals surface area contributed by atoms with Gasteiger partial charge >= 0.3 is 0 Å². The van der Waals surface area contributed by atoms with Gasteiger partial charge in [0, 0.05) is 24.0 Å². The molecule has 1 heterocycles. The Morgan fingerprint density at radius 3 is 2.71 bits per heavy atom. The molecular formula is C17H30N2O2. The quantitative estimate of drug-likeness (QED) is 0.835. The minimum absolute atomic E-state index is 0.0347. The van der Waals surface area contributed by atoms with Crippen molar-refractivity contribution in [1.82, 2.24) is 5.32 Å². The molecule has 0 radical (unpaired) electrons. The maximum atomic E-state index is 12.9. The molecule has 0 aromatic carbocycles. The first-order chi connectivity index (χ1) is 10.0. The lowest BCUT2D eigenvalue weighted by Crippen LogP contribution is -2.72. The van der Waals surface area contributed by atoms with Gasteiger partial charge in [0.2, 0.25) is 5.91 Å². The van der Waals surface area contributed by atoms with Crippen LogP contribution in [0, 0.1) is 17.3 Å². The minimum atomic E-state index is -0.145. The van der Waals surface area contributed by atoms with E-state index < -0.39 is 0 Å². The summed E-state index contributed by atoms with van der Waals surface area (Å²) >= 11 is 0. The molecule has 2 saturated carbocycles. The summed E-state index contributed by atoms with van der Waals surface area (Å²) in [5.74, 6) is 1.25. The lowest BCUT2D eigenvalue weighted by atomic mass is 9.68. The summed E-state index contributed by atoms with van der Waals surface area (Å²) in [6.45, 7) is 5.24. The van der Waals surface area contributed by atoms with Crippen molar-refractivity contribution < 1.29 is 9.53 Å². The Morgan fingerprint density at radius 1 is 1.33 bits per heavy atom. The predicted octanol–water partition coefficient (Wildman–Crippen LogP) is 2.21. The lowest BCUT2D eigenvalue weighted by Gasteiger charge is -2.53. The molecule has 21 heavy (non-hydrogen) atoms. The van der Waals surface area contributed by atoms with Crippen LogP contribution in [-0.4, -0.2) is 30.7 Å². The third-order valence-electron chi connectivity index (χ3n) is 5.82. The number of carbonyl (C=O) groups is 1. The fourth-order valence-electron chi connectivity index (χ4n) is 4.79. The second-order valence-corrected chi connectivity index (χ2v) is 7.80. The summed E-state index contributed by atoms with van der Waals surface area (Å²) in [6, 6.07) is 0.115. The Bertz CT molecular complexity index is 390. The van der Waals surface area contributed by atoms with Crippen molar-refractivity contribution in [3.8, 4) is 0 Å². The normalized spacial score (nSPS) is 37.9. The van der Waals surface area contributed by atoms with Crippen molar-refractivity contribution >= 4 is 5.91 Å². The van der Waals surface area contributed by atoms with E-state index in [1.807, 2.05) is 0 Å². The van der Waals surface area contributed by atoms with Crippen molar-refractivity contribution in [2.45, 2.75) is 77.0 Å². The van der Waals surface area contributed by atoms with E-state index in [-0.39, 0.29) is 29.5 Å². The van der Waals surface area contributed by atoms with E-state index in [4.69, 9.17) is 10.5 Å². The maximum Gasteiger partial charge on any atom is 0.226 e. The van der Waals surface area contributed by atoms with Crippen LogP contribution in [0.25, 0.3) is 0 Å². The fraction of sp³-hybridized carbons (Fsp3) is 0.941. The van der Waals surface area contributed by atoms with Crippen molar-refractivity contribution in [2.24, 2.45) is 23.0 Å². The van der Waals surface area contributed by atoms with Crippen LogP contribution in [0.15, 0.2) is 0 Å². The Labute approximate surface area is 128 Å². The average Bonchev–Trinajstić information content (AvgIpc) is 2.93. The number of ether oxygens (including phenoxy) is 1. The largest absolute Gasteiger partial charge is 0.376 e. The number of fused-ring (bicyclic) bond motifs is 1. The molecule has 0 spiro atoms. The summed E-state index contributed by atoms with van der Waals surface area (Å²) in [7, 11) is 0. The summed E-state index contributed by atoms with van der Waals surface area (Å²) in [4.78, 5) is 12.9. The molecule has 4 unspecified atom stereocenters. The van der Waals surface area contributed by atoms with E-state index in [0.29, 0.717) is 11.8 Å². The van der Waals surface area contributed by atoms with Gasteiger partial charge in [0.25, 0.3) is 0 Å². The molecule has 2 aliphatic carbocycles. The van der Waals surface area contributed by atoms with Crippen molar-refractivity contribution in [1.29, 1.82) is 0 Å². The Balaban J connectivity index is 1.64. The monoisotopic (exact) mass is 294 g/mol. The predicted molar refractivity (Wildman–Crippen MR) is 82.7 cm³/mol. The standard InChI is InChI=1S/C17H30N2O2/c1-11(2)10-17(7-3-4-8-17)16(20)19-14-13(18)12-6-5-9-21-15(12)14/h11-15H,3-10,18H2,1-2H3,(H,19,20). The number of nitrogens with one attached hydrogen (secondary N) is 1. The number of hydrogen-bond acceptors (Lipinski definition) is 3. The number of nitrogens with two attached hydrogens (primary N) is 1. The lowest BCUT2D eigenvalue weighted by molar-refractivity contribution is -0.147. The van der Waals surface area contributed by atoms with Gasteiger partial charge in [0.15, 0.2) is 0 Å². The number of rotatable bonds is 4. The second kappa shape index (κ2) is 5.88. The van der Waals surface area contributed by atoms with Gasteiger partial charge in [-0.2, -0.15) is 0 Å². The fourth-order valence-corrected chi connectivity index (χ4v) is 4.79. The molecule has 3 fully saturated rings. The van der Waals surface area contributed by atoms with Crippen LogP contribution in [0.5, 0.6) is 0 Å². The molecule has 1 aliphatic heterocycles. The first-order valence-corrected chi connectivity index (χ1v) is 8.72. The van der Waals surface area contributed by atoms with Gasteiger partial charge in [0.05, 0.1) is 12.1 Å². The molecule has 1 amide bonds. The third-order valence-corrected chi connectivity index (χ3v) is 5.82. The molecule has 1 saturated heterocycles. The van der Waals surface area contributed by atoms with E-state index in [0.717, 1.165) is 38.7 Å². The van der Waals surface area contributed by atoms with Gasteiger partial charge in [-0.05, 0) is 38.0 Å². The van der Waals surface area contributed by atoms with Crippen molar-refractivity contribution in [2.75, 3.05) is 6.61 Å². The number of amides is 1. The van der Waals surface area contributed by atoms with Gasteiger partial charge in [-0.25, -0.2) is 0 Å². The van der Waals surface area contributed by atoms with E-state index in [9.17, 15) is 4.79 Å².